The largest absolute Gasteiger partial charge is 0.497 e. The van der Waals surface area contributed by atoms with Gasteiger partial charge in [0.05, 0.1) is 14.2 Å². The lowest BCUT2D eigenvalue weighted by molar-refractivity contribution is -0.119. The molecule has 4 N–H and O–H groups in total. The number of hydrogen-bond donors (Lipinski definition) is 3. The first kappa shape index (κ1) is 24.3. The van der Waals surface area contributed by atoms with Crippen molar-refractivity contribution in [2.24, 2.45) is 10.7 Å². The zero-order valence-electron chi connectivity index (χ0n) is 16.7. The van der Waals surface area contributed by atoms with Crippen molar-refractivity contribution in [3.05, 3.63) is 53.6 Å². The topological polar surface area (TPSA) is 107 Å². The van der Waals surface area contributed by atoms with E-state index in [1.807, 2.05) is 36.4 Å². The first-order valence-electron chi connectivity index (χ1n) is 8.71. The van der Waals surface area contributed by atoms with Gasteiger partial charge in [-0.15, -0.1) is 24.0 Å². The highest BCUT2D eigenvalue weighted by Crippen LogP contribution is 2.24. The monoisotopic (exact) mass is 514 g/mol. The quantitative estimate of drug-likeness (QED) is 0.269. The van der Waals surface area contributed by atoms with E-state index < -0.39 is 5.91 Å². The fourth-order valence-electron chi connectivity index (χ4n) is 2.48. The van der Waals surface area contributed by atoms with Gasteiger partial charge in [0.1, 0.15) is 17.2 Å². The lowest BCUT2D eigenvalue weighted by atomic mass is 10.2. The van der Waals surface area contributed by atoms with Crippen molar-refractivity contribution in [3.8, 4) is 17.2 Å². The second-order valence-electron chi connectivity index (χ2n) is 5.86. The van der Waals surface area contributed by atoms with Crippen LogP contribution in [0.15, 0.2) is 47.5 Å². The molecule has 1 amide bonds. The fraction of sp³-hybridized carbons (Fsp3) is 0.300. The van der Waals surface area contributed by atoms with Gasteiger partial charge in [-0.3, -0.25) is 9.79 Å². The molecule has 0 unspecified atom stereocenters. The molecule has 0 fully saturated rings. The van der Waals surface area contributed by atoms with E-state index in [2.05, 4.69) is 15.6 Å². The van der Waals surface area contributed by atoms with Gasteiger partial charge in [0.15, 0.2) is 12.6 Å². The second kappa shape index (κ2) is 12.7. The van der Waals surface area contributed by atoms with Crippen LogP contribution in [0.2, 0.25) is 0 Å². The predicted molar refractivity (Wildman–Crippen MR) is 123 cm³/mol. The van der Waals surface area contributed by atoms with Crippen LogP contribution in [0.25, 0.3) is 0 Å². The third-order valence-electron chi connectivity index (χ3n) is 3.90. The van der Waals surface area contributed by atoms with Crippen molar-refractivity contribution in [1.29, 1.82) is 0 Å². The summed E-state index contributed by atoms with van der Waals surface area (Å²) in [5, 5.41) is 6.48. The third kappa shape index (κ3) is 8.06. The van der Waals surface area contributed by atoms with Crippen LogP contribution < -0.4 is 30.6 Å². The number of halogens is 1. The second-order valence-corrected chi connectivity index (χ2v) is 5.86. The van der Waals surface area contributed by atoms with E-state index >= 15 is 0 Å². The first-order chi connectivity index (χ1) is 13.5. The molecule has 0 saturated heterocycles. The average Bonchev–Trinajstić information content (AvgIpc) is 2.72. The molecule has 0 aliphatic rings. The summed E-state index contributed by atoms with van der Waals surface area (Å²) in [7, 11) is 4.94. The molecule has 2 aromatic rings. The van der Waals surface area contributed by atoms with E-state index in [4.69, 9.17) is 19.9 Å². The predicted octanol–water partition coefficient (Wildman–Crippen LogP) is 2.05. The number of carbonyl (C=O) groups excluding carboxylic acids is 1. The summed E-state index contributed by atoms with van der Waals surface area (Å²) in [6.07, 6.45) is 0. The van der Waals surface area contributed by atoms with Crippen LogP contribution in [0.3, 0.4) is 0 Å². The number of hydrogen-bond acceptors (Lipinski definition) is 5. The number of ether oxygens (including phenoxy) is 3. The maximum absolute atomic E-state index is 10.8. The first-order valence-corrected chi connectivity index (χ1v) is 8.71. The Morgan fingerprint density at radius 3 is 2.45 bits per heavy atom. The molecular weight excluding hydrogens is 487 g/mol. The van der Waals surface area contributed by atoms with Gasteiger partial charge in [-0.1, -0.05) is 12.1 Å². The van der Waals surface area contributed by atoms with Crippen molar-refractivity contribution in [2.45, 2.75) is 13.1 Å². The third-order valence-corrected chi connectivity index (χ3v) is 3.90. The summed E-state index contributed by atoms with van der Waals surface area (Å²) in [5.41, 5.74) is 7.06. The number of benzene rings is 2. The van der Waals surface area contributed by atoms with Gasteiger partial charge in [-0.05, 0) is 29.8 Å². The minimum atomic E-state index is -0.512. The molecule has 0 bridgehead atoms. The number of guanidine groups is 1. The Morgan fingerprint density at radius 2 is 1.79 bits per heavy atom. The number of rotatable bonds is 9. The number of amides is 1. The Labute approximate surface area is 187 Å². The molecule has 0 aliphatic heterocycles. The van der Waals surface area contributed by atoms with Gasteiger partial charge in [0.25, 0.3) is 5.91 Å². The number of nitrogens with one attached hydrogen (secondary N) is 2. The van der Waals surface area contributed by atoms with Gasteiger partial charge in [0, 0.05) is 31.8 Å². The summed E-state index contributed by atoms with van der Waals surface area (Å²) in [4.78, 5) is 15.1. The standard InChI is InChI=1S/C20H26N4O4.HI/c1-22-20(24-12-15-7-8-16(26-2)10-18(15)27-3)23-11-14-5-4-6-17(9-14)28-13-19(21)25;/h4-10H,11-13H2,1-3H3,(H2,21,25)(H2,22,23,24);1H. The molecule has 9 heteroatoms. The molecule has 0 saturated carbocycles. The normalized spacial score (nSPS) is 10.5. The lowest BCUT2D eigenvalue weighted by Gasteiger charge is -2.15. The van der Waals surface area contributed by atoms with Crippen LogP contribution in [0, 0.1) is 0 Å². The van der Waals surface area contributed by atoms with E-state index in [1.165, 1.54) is 0 Å². The maximum Gasteiger partial charge on any atom is 0.255 e. The smallest absolute Gasteiger partial charge is 0.255 e. The van der Waals surface area contributed by atoms with Crippen molar-refractivity contribution in [3.63, 3.8) is 0 Å². The van der Waals surface area contributed by atoms with Crippen LogP contribution in [0.4, 0.5) is 0 Å². The summed E-state index contributed by atoms with van der Waals surface area (Å²) >= 11 is 0. The zero-order valence-corrected chi connectivity index (χ0v) is 19.1. The number of primary amides is 1. The van der Waals surface area contributed by atoms with Crippen LogP contribution in [0.1, 0.15) is 11.1 Å². The fourth-order valence-corrected chi connectivity index (χ4v) is 2.48. The molecular formula is C20H27IN4O4. The van der Waals surface area contributed by atoms with Gasteiger partial charge in [-0.25, -0.2) is 0 Å². The van der Waals surface area contributed by atoms with E-state index in [0.717, 1.165) is 22.6 Å². The van der Waals surface area contributed by atoms with Crippen LogP contribution in [-0.2, 0) is 17.9 Å². The summed E-state index contributed by atoms with van der Waals surface area (Å²) in [6, 6.07) is 13.1. The van der Waals surface area contributed by atoms with Crippen molar-refractivity contribution >= 4 is 35.8 Å². The van der Waals surface area contributed by atoms with Crippen LogP contribution in [0.5, 0.6) is 17.2 Å². The van der Waals surface area contributed by atoms with Crippen molar-refractivity contribution in [1.82, 2.24) is 10.6 Å². The van der Waals surface area contributed by atoms with E-state index in [-0.39, 0.29) is 30.6 Å². The van der Waals surface area contributed by atoms with E-state index in [9.17, 15) is 4.79 Å². The molecule has 158 valence electrons. The number of aliphatic imine (C=N–C) groups is 1. The van der Waals surface area contributed by atoms with Gasteiger partial charge in [0.2, 0.25) is 0 Å². The Hall–Kier alpha value is -2.69. The summed E-state index contributed by atoms with van der Waals surface area (Å²) in [6.45, 7) is 0.922. The zero-order chi connectivity index (χ0) is 20.4. The number of nitrogens with zero attached hydrogens (tertiary/aromatic N) is 1. The Balaban J connectivity index is 0.00000420. The van der Waals surface area contributed by atoms with Gasteiger partial charge < -0.3 is 30.6 Å². The minimum absolute atomic E-state index is 0. The molecule has 0 atom stereocenters. The molecule has 0 radical (unpaired) electrons. The lowest BCUT2D eigenvalue weighted by Crippen LogP contribution is -2.36. The van der Waals surface area contributed by atoms with Crippen molar-refractivity contribution < 1.29 is 19.0 Å². The molecule has 29 heavy (non-hydrogen) atoms. The molecule has 2 aromatic carbocycles. The van der Waals surface area contributed by atoms with Crippen LogP contribution >= 0.6 is 24.0 Å². The Kier molecular flexibility index (Phi) is 10.7. The Bertz CT molecular complexity index is 830. The molecule has 0 spiro atoms. The molecule has 0 aliphatic carbocycles. The number of nitrogens with two attached hydrogens (primary N) is 1. The number of methoxy groups -OCH3 is 2. The summed E-state index contributed by atoms with van der Waals surface area (Å²) in [5.74, 6) is 2.19. The minimum Gasteiger partial charge on any atom is -0.497 e. The molecule has 0 aromatic heterocycles. The highest BCUT2D eigenvalue weighted by molar-refractivity contribution is 14.0. The highest BCUT2D eigenvalue weighted by atomic mass is 127. The molecule has 0 heterocycles. The van der Waals surface area contributed by atoms with Gasteiger partial charge >= 0.3 is 0 Å². The molecule has 8 nitrogen and oxygen atoms in total. The van der Waals surface area contributed by atoms with E-state index in [1.54, 1.807) is 27.3 Å². The summed E-state index contributed by atoms with van der Waals surface area (Å²) < 4.78 is 15.9. The average molecular weight is 514 g/mol. The SMILES string of the molecule is CN=C(NCc1cccc(OCC(N)=O)c1)NCc1ccc(OC)cc1OC.I. The Morgan fingerprint density at radius 1 is 1.03 bits per heavy atom. The van der Waals surface area contributed by atoms with Gasteiger partial charge in [-0.2, -0.15) is 0 Å². The molecule has 2 rings (SSSR count). The maximum atomic E-state index is 10.8. The van der Waals surface area contributed by atoms with Crippen molar-refractivity contribution in [2.75, 3.05) is 27.9 Å². The van der Waals surface area contributed by atoms with Crippen LogP contribution in [-0.4, -0.2) is 39.7 Å². The highest BCUT2D eigenvalue weighted by Gasteiger charge is 2.07. The van der Waals surface area contributed by atoms with E-state index in [0.29, 0.717) is 24.8 Å². The number of carbonyl (C=O) groups is 1.